The summed E-state index contributed by atoms with van der Waals surface area (Å²) in [6, 6.07) is 9.93. The predicted molar refractivity (Wildman–Crippen MR) is 118 cm³/mol. The Hall–Kier alpha value is -2.97. The van der Waals surface area contributed by atoms with Crippen molar-refractivity contribution in [2.24, 2.45) is 5.92 Å². The number of ether oxygens (including phenoxy) is 1. The van der Waals surface area contributed by atoms with E-state index in [0.717, 1.165) is 16.5 Å². The minimum absolute atomic E-state index is 0.0655. The van der Waals surface area contributed by atoms with Gasteiger partial charge in [0.05, 0.1) is 4.90 Å². The number of benzene rings is 2. The van der Waals surface area contributed by atoms with Gasteiger partial charge in [0.2, 0.25) is 10.0 Å². The molecule has 7 nitrogen and oxygen atoms in total. The van der Waals surface area contributed by atoms with Crippen molar-refractivity contribution in [1.82, 2.24) is 4.72 Å². The van der Waals surface area contributed by atoms with Crippen molar-refractivity contribution in [3.63, 3.8) is 0 Å². The molecule has 0 aliphatic rings. The van der Waals surface area contributed by atoms with Gasteiger partial charge in [-0.2, -0.15) is 4.72 Å². The molecule has 1 atom stereocenters. The molecule has 2 aromatic carbocycles. The van der Waals surface area contributed by atoms with E-state index >= 15 is 0 Å². The molecule has 0 unspecified atom stereocenters. The molecule has 0 aliphatic carbocycles. The van der Waals surface area contributed by atoms with E-state index in [1.807, 2.05) is 6.92 Å². The molecule has 8 heteroatoms. The fourth-order valence-corrected chi connectivity index (χ4v) is 4.52. The van der Waals surface area contributed by atoms with Crippen molar-refractivity contribution in [2.75, 3.05) is 0 Å². The van der Waals surface area contributed by atoms with E-state index in [0.29, 0.717) is 11.1 Å². The van der Waals surface area contributed by atoms with Crippen molar-refractivity contribution in [2.45, 2.75) is 45.6 Å². The molecule has 0 saturated heterocycles. The van der Waals surface area contributed by atoms with Gasteiger partial charge in [-0.3, -0.25) is 0 Å². The van der Waals surface area contributed by atoms with Gasteiger partial charge in [-0.15, -0.1) is 0 Å². The molecule has 0 saturated carbocycles. The monoisotopic (exact) mass is 443 g/mol. The molecule has 31 heavy (non-hydrogen) atoms. The molecular formula is C23H25NO6S. The van der Waals surface area contributed by atoms with E-state index in [9.17, 15) is 18.0 Å². The Morgan fingerprint density at radius 3 is 2.29 bits per heavy atom. The van der Waals surface area contributed by atoms with Crippen LogP contribution >= 0.6 is 0 Å². The van der Waals surface area contributed by atoms with Crippen LogP contribution in [0, 0.1) is 26.7 Å². The first-order chi connectivity index (χ1) is 14.5. The Bertz CT molecular complexity index is 1290. The second-order valence-electron chi connectivity index (χ2n) is 7.89. The lowest BCUT2D eigenvalue weighted by atomic mass is 10.1. The molecule has 0 bridgehead atoms. The zero-order chi connectivity index (χ0) is 22.9. The van der Waals surface area contributed by atoms with Gasteiger partial charge in [0.25, 0.3) is 0 Å². The van der Waals surface area contributed by atoms with Gasteiger partial charge in [-0.25, -0.2) is 18.0 Å². The van der Waals surface area contributed by atoms with Crippen LogP contribution in [0.4, 0.5) is 0 Å². The maximum atomic E-state index is 12.9. The maximum absolute atomic E-state index is 12.9. The lowest BCUT2D eigenvalue weighted by Crippen LogP contribution is -2.46. The third-order valence-corrected chi connectivity index (χ3v) is 6.52. The van der Waals surface area contributed by atoms with Gasteiger partial charge in [-0.05, 0) is 56.5 Å². The number of hydrogen-bond donors (Lipinski definition) is 1. The minimum Gasteiger partial charge on any atom is -0.425 e. The Morgan fingerprint density at radius 2 is 1.68 bits per heavy atom. The summed E-state index contributed by atoms with van der Waals surface area (Å²) in [7, 11) is -3.93. The lowest BCUT2D eigenvalue weighted by molar-refractivity contribution is -0.137. The van der Waals surface area contributed by atoms with Gasteiger partial charge in [0.15, 0.2) is 0 Å². The average Bonchev–Trinajstić information content (AvgIpc) is 2.68. The molecule has 3 aromatic rings. The van der Waals surface area contributed by atoms with Gasteiger partial charge >= 0.3 is 11.6 Å². The summed E-state index contributed by atoms with van der Waals surface area (Å²) in [5, 5.41) is 0.734. The molecule has 0 fully saturated rings. The summed E-state index contributed by atoms with van der Waals surface area (Å²) in [4.78, 5) is 24.7. The maximum Gasteiger partial charge on any atom is 0.336 e. The van der Waals surface area contributed by atoms with E-state index < -0.39 is 27.7 Å². The van der Waals surface area contributed by atoms with E-state index in [4.69, 9.17) is 9.15 Å². The van der Waals surface area contributed by atoms with Crippen LogP contribution in [0.2, 0.25) is 0 Å². The molecule has 0 amide bonds. The molecule has 0 spiro atoms. The van der Waals surface area contributed by atoms with Crippen molar-refractivity contribution >= 4 is 27.0 Å². The average molecular weight is 444 g/mol. The zero-order valence-electron chi connectivity index (χ0n) is 18.1. The van der Waals surface area contributed by atoms with Gasteiger partial charge in [-0.1, -0.05) is 31.5 Å². The largest absolute Gasteiger partial charge is 0.425 e. The normalized spacial score (nSPS) is 12.8. The Morgan fingerprint density at radius 1 is 1.03 bits per heavy atom. The van der Waals surface area contributed by atoms with Crippen LogP contribution < -0.4 is 15.1 Å². The molecule has 1 heterocycles. The fraction of sp³-hybridized carbons (Fsp3) is 0.304. The highest BCUT2D eigenvalue weighted by Gasteiger charge is 2.30. The van der Waals surface area contributed by atoms with Crippen molar-refractivity contribution in [3.05, 3.63) is 69.6 Å². The number of sulfonamides is 1. The third kappa shape index (κ3) is 4.86. The number of nitrogens with one attached hydrogen (secondary N) is 1. The molecular weight excluding hydrogens is 418 g/mol. The molecule has 0 radical (unpaired) electrons. The predicted octanol–water partition coefficient (Wildman–Crippen LogP) is 3.63. The number of carbonyl (C=O) groups is 1. The standard InChI is InChI=1S/C23H25NO6S/c1-13(2)21(24-31(27,28)17-8-6-14(3)7-9-17)23(26)29-19-11-10-18-15(4)12-20(25)30-22(18)16(19)5/h6-13,21,24H,1-5H3/t21-/m1/s1. The topological polar surface area (TPSA) is 103 Å². The van der Waals surface area contributed by atoms with Crippen LogP contribution in [0.15, 0.2) is 56.6 Å². The zero-order valence-corrected chi connectivity index (χ0v) is 18.9. The van der Waals surface area contributed by atoms with Crippen molar-refractivity contribution in [3.8, 4) is 5.75 Å². The number of aryl methyl sites for hydroxylation is 3. The Labute approximate surface area is 181 Å². The van der Waals surface area contributed by atoms with Crippen molar-refractivity contribution < 1.29 is 22.4 Å². The smallest absolute Gasteiger partial charge is 0.336 e. The number of esters is 1. The highest BCUT2D eigenvalue weighted by Crippen LogP contribution is 2.28. The highest BCUT2D eigenvalue weighted by molar-refractivity contribution is 7.89. The first-order valence-corrected chi connectivity index (χ1v) is 11.3. The summed E-state index contributed by atoms with van der Waals surface area (Å²) in [6.45, 7) is 8.76. The van der Waals surface area contributed by atoms with Crippen LogP contribution in [0.1, 0.15) is 30.5 Å². The SMILES string of the molecule is Cc1ccc(S(=O)(=O)N[C@@H](C(=O)Oc2ccc3c(C)cc(=O)oc3c2C)C(C)C)cc1. The quantitative estimate of drug-likeness (QED) is 0.355. The van der Waals surface area contributed by atoms with E-state index in [2.05, 4.69) is 4.72 Å². The molecule has 1 aromatic heterocycles. The first-order valence-electron chi connectivity index (χ1n) is 9.84. The van der Waals surface area contributed by atoms with Crippen LogP contribution in [-0.2, 0) is 14.8 Å². The summed E-state index contributed by atoms with van der Waals surface area (Å²) in [6.07, 6.45) is 0. The fourth-order valence-electron chi connectivity index (χ4n) is 3.19. The van der Waals surface area contributed by atoms with Crippen LogP contribution in [0.25, 0.3) is 11.0 Å². The van der Waals surface area contributed by atoms with E-state index in [-0.39, 0.29) is 16.6 Å². The third-order valence-electron chi connectivity index (χ3n) is 5.06. The van der Waals surface area contributed by atoms with Crippen molar-refractivity contribution in [1.29, 1.82) is 0 Å². The number of hydrogen-bond acceptors (Lipinski definition) is 6. The number of rotatable bonds is 6. The first kappa shape index (κ1) is 22.7. The highest BCUT2D eigenvalue weighted by atomic mass is 32.2. The van der Waals surface area contributed by atoms with E-state index in [1.54, 1.807) is 52.0 Å². The second kappa shape index (κ2) is 8.64. The van der Waals surface area contributed by atoms with Crippen LogP contribution in [-0.4, -0.2) is 20.4 Å². The molecule has 3 rings (SSSR count). The summed E-state index contributed by atoms with van der Waals surface area (Å²) in [5.74, 6) is -0.914. The lowest BCUT2D eigenvalue weighted by Gasteiger charge is -2.21. The Balaban J connectivity index is 1.90. The molecule has 1 N–H and O–H groups in total. The van der Waals surface area contributed by atoms with Crippen LogP contribution in [0.5, 0.6) is 5.75 Å². The number of carbonyl (C=O) groups excluding carboxylic acids is 1. The summed E-state index contributed by atoms with van der Waals surface area (Å²) >= 11 is 0. The Kier molecular flexibility index (Phi) is 6.33. The molecule has 164 valence electrons. The number of fused-ring (bicyclic) bond motifs is 1. The second-order valence-corrected chi connectivity index (χ2v) is 9.60. The van der Waals surface area contributed by atoms with Gasteiger partial charge < -0.3 is 9.15 Å². The summed E-state index contributed by atoms with van der Waals surface area (Å²) < 4.78 is 38.8. The summed E-state index contributed by atoms with van der Waals surface area (Å²) in [5.41, 5.74) is 1.99. The molecule has 0 aliphatic heterocycles. The van der Waals surface area contributed by atoms with E-state index in [1.165, 1.54) is 18.2 Å². The minimum atomic E-state index is -3.93. The van der Waals surface area contributed by atoms with Gasteiger partial charge in [0, 0.05) is 17.0 Å². The van der Waals surface area contributed by atoms with Crippen LogP contribution in [0.3, 0.4) is 0 Å². The van der Waals surface area contributed by atoms with Gasteiger partial charge in [0.1, 0.15) is 17.4 Å².